The van der Waals surface area contributed by atoms with E-state index in [1.807, 2.05) is 74.2 Å². The van der Waals surface area contributed by atoms with E-state index in [0.717, 1.165) is 39.7 Å². The third-order valence-electron chi connectivity index (χ3n) is 6.32. The number of halogens is 1. The zero-order valence-electron chi connectivity index (χ0n) is 21.4. The van der Waals surface area contributed by atoms with Gasteiger partial charge in [-0.25, -0.2) is 0 Å². The van der Waals surface area contributed by atoms with Gasteiger partial charge in [-0.05, 0) is 69.3 Å². The standard InChI is InChI=1S/C28H31BrN4O3S/c1-28(2,3)26(35)33-15-13-32(14-16-33)20-11-9-19(10-12-20)30-27(37)31-25(34)22-17-18-7-5-6-8-21(18)23(29)24(22)36-4/h5-12,17H,13-16H2,1-4H3,(H2,30,31,34,37). The topological polar surface area (TPSA) is 73.9 Å². The van der Waals surface area contributed by atoms with Crippen LogP contribution in [0.3, 0.4) is 0 Å². The predicted molar refractivity (Wildman–Crippen MR) is 157 cm³/mol. The molecule has 7 nitrogen and oxygen atoms in total. The Balaban J connectivity index is 1.37. The second-order valence-corrected chi connectivity index (χ2v) is 11.2. The van der Waals surface area contributed by atoms with Gasteiger partial charge in [0.1, 0.15) is 5.75 Å². The highest BCUT2D eigenvalue weighted by molar-refractivity contribution is 9.10. The highest BCUT2D eigenvalue weighted by Crippen LogP contribution is 2.36. The molecule has 4 rings (SSSR count). The lowest BCUT2D eigenvalue weighted by Crippen LogP contribution is -2.51. The van der Waals surface area contributed by atoms with Crippen molar-refractivity contribution in [3.8, 4) is 5.75 Å². The van der Waals surface area contributed by atoms with Crippen molar-refractivity contribution in [1.29, 1.82) is 0 Å². The second-order valence-electron chi connectivity index (χ2n) is 9.98. The summed E-state index contributed by atoms with van der Waals surface area (Å²) in [4.78, 5) is 29.8. The van der Waals surface area contributed by atoms with Crippen LogP contribution in [0.25, 0.3) is 10.8 Å². The number of thiocarbonyl (C=S) groups is 1. The molecule has 0 bridgehead atoms. The maximum atomic E-state index is 13.0. The van der Waals surface area contributed by atoms with E-state index in [1.165, 1.54) is 7.11 Å². The van der Waals surface area contributed by atoms with Crippen molar-refractivity contribution in [1.82, 2.24) is 10.2 Å². The summed E-state index contributed by atoms with van der Waals surface area (Å²) < 4.78 is 6.23. The number of methoxy groups -OCH3 is 1. The smallest absolute Gasteiger partial charge is 0.261 e. The summed E-state index contributed by atoms with van der Waals surface area (Å²) in [5, 5.41) is 7.89. The van der Waals surface area contributed by atoms with Gasteiger partial charge in [-0.1, -0.05) is 45.0 Å². The van der Waals surface area contributed by atoms with E-state index in [2.05, 4.69) is 31.5 Å². The number of nitrogens with one attached hydrogen (secondary N) is 2. The fourth-order valence-electron chi connectivity index (χ4n) is 4.38. The molecule has 3 aromatic rings. The number of hydrogen-bond acceptors (Lipinski definition) is 5. The third-order valence-corrected chi connectivity index (χ3v) is 7.31. The summed E-state index contributed by atoms with van der Waals surface area (Å²) in [6.45, 7) is 8.85. The minimum Gasteiger partial charge on any atom is -0.495 e. The molecule has 1 saturated heterocycles. The molecule has 2 amide bonds. The highest BCUT2D eigenvalue weighted by atomic mass is 79.9. The SMILES string of the molecule is COc1c(C(=O)NC(=S)Nc2ccc(N3CCN(C(=O)C(C)(C)C)CC3)cc2)cc2ccccc2c1Br. The van der Waals surface area contributed by atoms with E-state index in [0.29, 0.717) is 24.4 Å². The van der Waals surface area contributed by atoms with Crippen LogP contribution < -0.4 is 20.3 Å². The number of amides is 2. The third kappa shape index (κ3) is 6.05. The maximum Gasteiger partial charge on any atom is 0.261 e. The first-order valence-corrected chi connectivity index (χ1v) is 13.3. The minimum absolute atomic E-state index is 0.191. The number of rotatable bonds is 4. The van der Waals surface area contributed by atoms with E-state index < -0.39 is 0 Å². The molecule has 9 heteroatoms. The summed E-state index contributed by atoms with van der Waals surface area (Å²) in [5.41, 5.74) is 1.87. The zero-order valence-corrected chi connectivity index (χ0v) is 23.8. The van der Waals surface area contributed by atoms with E-state index >= 15 is 0 Å². The van der Waals surface area contributed by atoms with Gasteiger partial charge in [-0.15, -0.1) is 0 Å². The van der Waals surface area contributed by atoms with Crippen LogP contribution >= 0.6 is 28.1 Å². The van der Waals surface area contributed by atoms with E-state index in [9.17, 15) is 9.59 Å². The molecule has 0 saturated carbocycles. The number of carbonyl (C=O) groups excluding carboxylic acids is 2. The average molecular weight is 584 g/mol. The Morgan fingerprint density at radius 3 is 2.27 bits per heavy atom. The van der Waals surface area contributed by atoms with Gasteiger partial charge >= 0.3 is 0 Å². The lowest BCUT2D eigenvalue weighted by atomic mass is 9.94. The summed E-state index contributed by atoms with van der Waals surface area (Å²) in [7, 11) is 1.53. The van der Waals surface area contributed by atoms with Crippen molar-refractivity contribution in [2.75, 3.05) is 43.5 Å². The van der Waals surface area contributed by atoms with Gasteiger partial charge in [0.2, 0.25) is 5.91 Å². The van der Waals surface area contributed by atoms with Crippen LogP contribution in [0, 0.1) is 5.41 Å². The molecule has 194 valence electrons. The Bertz CT molecular complexity index is 1330. The lowest BCUT2D eigenvalue weighted by Gasteiger charge is -2.38. The quantitative estimate of drug-likeness (QED) is 0.399. The van der Waals surface area contributed by atoms with Crippen molar-refractivity contribution in [3.05, 3.63) is 64.6 Å². The molecule has 2 N–H and O–H groups in total. The van der Waals surface area contributed by atoms with Crippen molar-refractivity contribution >= 4 is 67.2 Å². The first kappa shape index (κ1) is 26.9. The number of benzene rings is 3. The number of anilines is 2. The molecule has 1 fully saturated rings. The largest absolute Gasteiger partial charge is 0.495 e. The monoisotopic (exact) mass is 582 g/mol. The normalized spacial score (nSPS) is 13.9. The number of nitrogens with zero attached hydrogens (tertiary/aromatic N) is 2. The fourth-order valence-corrected chi connectivity index (χ4v) is 5.33. The number of piperazine rings is 1. The van der Waals surface area contributed by atoms with Gasteiger partial charge in [-0.2, -0.15) is 0 Å². The Hall–Kier alpha value is -3.17. The fraction of sp³-hybridized carbons (Fsp3) is 0.321. The number of carbonyl (C=O) groups is 2. The number of hydrogen-bond donors (Lipinski definition) is 2. The van der Waals surface area contributed by atoms with Gasteiger partial charge < -0.3 is 19.9 Å². The molecule has 3 aromatic carbocycles. The van der Waals surface area contributed by atoms with E-state index in [4.69, 9.17) is 17.0 Å². The molecular weight excluding hydrogens is 552 g/mol. The molecule has 0 spiro atoms. The Kier molecular flexibility index (Phi) is 8.04. The van der Waals surface area contributed by atoms with Crippen LogP contribution in [-0.4, -0.2) is 55.1 Å². The molecule has 0 unspecified atom stereocenters. The first-order chi connectivity index (χ1) is 17.6. The summed E-state index contributed by atoms with van der Waals surface area (Å²) in [6.07, 6.45) is 0. The van der Waals surface area contributed by atoms with Crippen molar-refractivity contribution in [2.45, 2.75) is 20.8 Å². The van der Waals surface area contributed by atoms with Gasteiger partial charge in [0, 0.05) is 43.0 Å². The van der Waals surface area contributed by atoms with Crippen molar-refractivity contribution in [2.24, 2.45) is 5.41 Å². The molecular formula is C28H31BrN4O3S. The molecule has 1 aliphatic rings. The van der Waals surface area contributed by atoms with Crippen LogP contribution in [0.5, 0.6) is 5.75 Å². The molecule has 37 heavy (non-hydrogen) atoms. The molecule has 0 radical (unpaired) electrons. The van der Waals surface area contributed by atoms with Crippen LogP contribution in [0.15, 0.2) is 59.1 Å². The minimum atomic E-state index is -0.362. The Morgan fingerprint density at radius 1 is 1.00 bits per heavy atom. The summed E-state index contributed by atoms with van der Waals surface area (Å²) >= 11 is 8.97. The predicted octanol–water partition coefficient (Wildman–Crippen LogP) is 5.43. The van der Waals surface area contributed by atoms with Crippen LogP contribution in [-0.2, 0) is 4.79 Å². The van der Waals surface area contributed by atoms with Crippen molar-refractivity contribution < 1.29 is 14.3 Å². The molecule has 1 aliphatic heterocycles. The number of ether oxygens (including phenoxy) is 1. The van der Waals surface area contributed by atoms with Crippen LogP contribution in [0.1, 0.15) is 31.1 Å². The van der Waals surface area contributed by atoms with Gasteiger partial charge in [-0.3, -0.25) is 14.9 Å². The molecule has 0 atom stereocenters. The maximum absolute atomic E-state index is 13.0. The highest BCUT2D eigenvalue weighted by Gasteiger charge is 2.29. The Labute approximate surface area is 231 Å². The summed E-state index contributed by atoms with van der Waals surface area (Å²) in [5.74, 6) is 0.281. The molecule has 0 aliphatic carbocycles. The second kappa shape index (κ2) is 11.1. The van der Waals surface area contributed by atoms with Gasteiger partial charge in [0.25, 0.3) is 5.91 Å². The lowest BCUT2D eigenvalue weighted by molar-refractivity contribution is -0.139. The zero-order chi connectivity index (χ0) is 26.7. The molecule has 1 heterocycles. The van der Waals surface area contributed by atoms with Crippen molar-refractivity contribution in [3.63, 3.8) is 0 Å². The van der Waals surface area contributed by atoms with E-state index in [1.54, 1.807) is 6.07 Å². The Morgan fingerprint density at radius 2 is 1.65 bits per heavy atom. The van der Waals surface area contributed by atoms with Gasteiger partial charge in [0.05, 0.1) is 17.1 Å². The van der Waals surface area contributed by atoms with Gasteiger partial charge in [0.15, 0.2) is 5.11 Å². The summed E-state index contributed by atoms with van der Waals surface area (Å²) in [6, 6.07) is 17.4. The first-order valence-electron chi connectivity index (χ1n) is 12.1. The average Bonchev–Trinajstić information content (AvgIpc) is 2.88. The number of fused-ring (bicyclic) bond motifs is 1. The van der Waals surface area contributed by atoms with Crippen LogP contribution in [0.2, 0.25) is 0 Å². The molecule has 0 aromatic heterocycles. The van der Waals surface area contributed by atoms with E-state index in [-0.39, 0.29) is 22.3 Å². The van der Waals surface area contributed by atoms with Crippen LogP contribution in [0.4, 0.5) is 11.4 Å².